The third-order valence-electron chi connectivity index (χ3n) is 4.36. The Labute approximate surface area is 154 Å². The molecule has 5 nitrogen and oxygen atoms in total. The maximum absolute atomic E-state index is 12.6. The Hall–Kier alpha value is -2.21. The van der Waals surface area contributed by atoms with Gasteiger partial charge in [0.25, 0.3) is 5.91 Å². The third-order valence-corrected chi connectivity index (χ3v) is 4.36. The van der Waals surface area contributed by atoms with E-state index >= 15 is 0 Å². The Kier molecular flexibility index (Phi) is 6.77. The van der Waals surface area contributed by atoms with Crippen molar-refractivity contribution >= 4 is 11.6 Å². The van der Waals surface area contributed by atoms with Crippen LogP contribution in [0.2, 0.25) is 0 Å². The quantitative estimate of drug-likeness (QED) is 0.830. The molecule has 0 aliphatic carbocycles. The smallest absolute Gasteiger partial charge is 0.254 e. The van der Waals surface area contributed by atoms with Crippen LogP contribution in [0.3, 0.4) is 0 Å². The molecule has 2 aromatic rings. The summed E-state index contributed by atoms with van der Waals surface area (Å²) in [6, 6.07) is 18.0. The third kappa shape index (κ3) is 5.39. The van der Waals surface area contributed by atoms with Crippen LogP contribution in [0.25, 0.3) is 0 Å². The van der Waals surface area contributed by atoms with Crippen molar-refractivity contribution in [3.8, 4) is 0 Å². The topological polar surface area (TPSA) is 50.8 Å². The van der Waals surface area contributed by atoms with Crippen LogP contribution in [0.5, 0.6) is 0 Å². The van der Waals surface area contributed by atoms with Crippen LogP contribution >= 0.6 is 0 Å². The zero-order valence-corrected chi connectivity index (χ0v) is 15.2. The summed E-state index contributed by atoms with van der Waals surface area (Å²) in [4.78, 5) is 14.9. The average molecular weight is 354 g/mol. The second kappa shape index (κ2) is 9.48. The van der Waals surface area contributed by atoms with Gasteiger partial charge >= 0.3 is 0 Å². The van der Waals surface area contributed by atoms with E-state index in [9.17, 15) is 4.79 Å². The monoisotopic (exact) mass is 354 g/mol. The molecule has 0 saturated carbocycles. The van der Waals surface area contributed by atoms with Gasteiger partial charge in [0, 0.05) is 31.9 Å². The first kappa shape index (κ1) is 18.6. The van der Waals surface area contributed by atoms with Crippen molar-refractivity contribution in [2.45, 2.75) is 26.2 Å². The molecule has 1 saturated heterocycles. The minimum absolute atomic E-state index is 0.101. The van der Waals surface area contributed by atoms with Crippen LogP contribution in [0.4, 0.5) is 5.69 Å². The Bertz CT molecular complexity index is 705. The number of carbonyl (C=O) groups excluding carboxylic acids is 1. The van der Waals surface area contributed by atoms with Gasteiger partial charge in [-0.15, -0.1) is 0 Å². The fourth-order valence-electron chi connectivity index (χ4n) is 3.03. The minimum atomic E-state index is -0.456. The maximum atomic E-state index is 12.6. The highest BCUT2D eigenvalue weighted by Crippen LogP contribution is 2.15. The number of hydrogen-bond donors (Lipinski definition) is 1. The highest BCUT2D eigenvalue weighted by molar-refractivity contribution is 5.94. The molecular weight excluding hydrogens is 328 g/mol. The predicted octanol–water partition coefficient (Wildman–Crippen LogP) is 3.06. The van der Waals surface area contributed by atoms with Crippen molar-refractivity contribution in [2.24, 2.45) is 0 Å². The van der Waals surface area contributed by atoms with Gasteiger partial charge in [-0.1, -0.05) is 42.5 Å². The van der Waals surface area contributed by atoms with E-state index < -0.39 is 6.10 Å². The second-order valence-corrected chi connectivity index (χ2v) is 6.41. The van der Waals surface area contributed by atoms with Crippen LogP contribution in [-0.4, -0.2) is 43.2 Å². The van der Waals surface area contributed by atoms with Crippen molar-refractivity contribution in [1.82, 2.24) is 4.90 Å². The first-order valence-electron chi connectivity index (χ1n) is 9.10. The van der Waals surface area contributed by atoms with Gasteiger partial charge in [-0.2, -0.15) is 0 Å². The first-order valence-corrected chi connectivity index (χ1v) is 9.10. The number of nitrogens with zero attached hydrogens (tertiary/aromatic N) is 1. The van der Waals surface area contributed by atoms with Gasteiger partial charge < -0.3 is 14.8 Å². The first-order chi connectivity index (χ1) is 12.7. The number of ether oxygens (including phenoxy) is 2. The van der Waals surface area contributed by atoms with Gasteiger partial charge in [0.15, 0.2) is 0 Å². The van der Waals surface area contributed by atoms with Crippen LogP contribution in [0, 0.1) is 0 Å². The molecule has 1 aliphatic heterocycles. The number of nitrogens with one attached hydrogen (secondary N) is 1. The maximum Gasteiger partial charge on any atom is 0.254 e. The van der Waals surface area contributed by atoms with E-state index in [-0.39, 0.29) is 5.91 Å². The van der Waals surface area contributed by atoms with Crippen LogP contribution in [-0.2, 0) is 27.4 Å². The summed E-state index contributed by atoms with van der Waals surface area (Å²) in [7, 11) is 0. The van der Waals surface area contributed by atoms with Crippen molar-refractivity contribution < 1.29 is 14.3 Å². The fraction of sp³-hybridized carbons (Fsp3) is 0.381. The molecule has 26 heavy (non-hydrogen) atoms. The van der Waals surface area contributed by atoms with E-state index in [4.69, 9.17) is 9.47 Å². The molecule has 1 fully saturated rings. The second-order valence-electron chi connectivity index (χ2n) is 6.41. The largest absolute Gasteiger partial charge is 0.377 e. The summed E-state index contributed by atoms with van der Waals surface area (Å²) < 4.78 is 11.1. The lowest BCUT2D eigenvalue weighted by atomic mass is 10.1. The predicted molar refractivity (Wildman–Crippen MR) is 102 cm³/mol. The Morgan fingerprint density at radius 3 is 2.81 bits per heavy atom. The molecule has 138 valence electrons. The van der Waals surface area contributed by atoms with Gasteiger partial charge in [0.2, 0.25) is 0 Å². The SMILES string of the molecule is CCOCc1cccc(NC(=O)C2CN(Cc3ccccc3)CCO2)c1. The molecule has 1 aliphatic rings. The summed E-state index contributed by atoms with van der Waals surface area (Å²) in [6.45, 7) is 6.01. The van der Waals surface area contributed by atoms with Gasteiger partial charge in [0.05, 0.1) is 13.2 Å². The van der Waals surface area contributed by atoms with Crippen molar-refractivity contribution in [3.05, 3.63) is 65.7 Å². The van der Waals surface area contributed by atoms with Crippen molar-refractivity contribution in [2.75, 3.05) is 31.6 Å². The molecule has 0 spiro atoms. The van der Waals surface area contributed by atoms with E-state index in [0.29, 0.717) is 26.4 Å². The Balaban J connectivity index is 1.55. The molecule has 0 bridgehead atoms. The fourth-order valence-corrected chi connectivity index (χ4v) is 3.03. The average Bonchev–Trinajstić information content (AvgIpc) is 2.68. The number of benzene rings is 2. The lowest BCUT2D eigenvalue weighted by Crippen LogP contribution is -2.47. The van der Waals surface area contributed by atoms with E-state index in [0.717, 1.165) is 24.3 Å². The molecular formula is C21H26N2O3. The zero-order valence-electron chi connectivity index (χ0n) is 15.2. The van der Waals surface area contributed by atoms with Gasteiger partial charge in [-0.25, -0.2) is 0 Å². The molecule has 1 amide bonds. The number of anilines is 1. The summed E-state index contributed by atoms with van der Waals surface area (Å²) in [5.74, 6) is -0.101. The van der Waals surface area contributed by atoms with E-state index in [1.54, 1.807) is 0 Å². The summed E-state index contributed by atoms with van der Waals surface area (Å²) in [5, 5.41) is 2.97. The van der Waals surface area contributed by atoms with Gasteiger partial charge in [0.1, 0.15) is 6.10 Å². The summed E-state index contributed by atoms with van der Waals surface area (Å²) in [6.07, 6.45) is -0.456. The molecule has 1 unspecified atom stereocenters. The lowest BCUT2D eigenvalue weighted by molar-refractivity contribution is -0.133. The van der Waals surface area contributed by atoms with Crippen LogP contribution < -0.4 is 5.32 Å². The number of carbonyl (C=O) groups is 1. The molecule has 1 heterocycles. The van der Waals surface area contributed by atoms with E-state index in [1.807, 2.05) is 49.4 Å². The molecule has 1 N–H and O–H groups in total. The standard InChI is InChI=1S/C21H26N2O3/c1-2-25-16-18-9-6-10-19(13-18)22-21(24)20-15-23(11-12-26-20)14-17-7-4-3-5-8-17/h3-10,13,20H,2,11-12,14-16H2,1H3,(H,22,24). The zero-order chi connectivity index (χ0) is 18.2. The highest BCUT2D eigenvalue weighted by atomic mass is 16.5. The number of morpholine rings is 1. The minimum Gasteiger partial charge on any atom is -0.377 e. The molecule has 5 heteroatoms. The van der Waals surface area contributed by atoms with E-state index in [2.05, 4.69) is 22.3 Å². The molecule has 3 rings (SSSR count). The summed E-state index contributed by atoms with van der Waals surface area (Å²) in [5.41, 5.74) is 3.06. The highest BCUT2D eigenvalue weighted by Gasteiger charge is 2.26. The number of amides is 1. The Morgan fingerprint density at radius 1 is 1.19 bits per heavy atom. The normalized spacial score (nSPS) is 17.8. The molecule has 2 aromatic carbocycles. The summed E-state index contributed by atoms with van der Waals surface area (Å²) >= 11 is 0. The van der Waals surface area contributed by atoms with Crippen LogP contribution in [0.15, 0.2) is 54.6 Å². The number of rotatable bonds is 7. The lowest BCUT2D eigenvalue weighted by Gasteiger charge is -2.32. The van der Waals surface area contributed by atoms with Gasteiger partial charge in [-0.3, -0.25) is 9.69 Å². The van der Waals surface area contributed by atoms with Gasteiger partial charge in [-0.05, 0) is 30.2 Å². The molecule has 0 radical (unpaired) electrons. The Morgan fingerprint density at radius 2 is 2.00 bits per heavy atom. The van der Waals surface area contributed by atoms with E-state index in [1.165, 1.54) is 5.56 Å². The van der Waals surface area contributed by atoms with Crippen LogP contribution in [0.1, 0.15) is 18.1 Å². The number of hydrogen-bond acceptors (Lipinski definition) is 4. The van der Waals surface area contributed by atoms with Crippen molar-refractivity contribution in [1.29, 1.82) is 0 Å². The van der Waals surface area contributed by atoms with Crippen molar-refractivity contribution in [3.63, 3.8) is 0 Å². The molecule has 1 atom stereocenters. The molecule has 0 aromatic heterocycles.